The molecule has 9 heteroatoms. The van der Waals surface area contributed by atoms with Gasteiger partial charge in [0.05, 0.1) is 10.8 Å². The molecular formula is C21H30N2O6S. The van der Waals surface area contributed by atoms with Crippen molar-refractivity contribution in [2.45, 2.75) is 56.4 Å². The molecule has 2 N–H and O–H groups in total. The van der Waals surface area contributed by atoms with Gasteiger partial charge in [0.2, 0.25) is 10.0 Å². The molecule has 1 aliphatic carbocycles. The maximum Gasteiger partial charge on any atom is 0.410 e. The number of amides is 1. The number of ether oxygens (including phenoxy) is 1. The largest absolute Gasteiger partial charge is 0.481 e. The summed E-state index contributed by atoms with van der Waals surface area (Å²) < 4.78 is 33.3. The second-order valence-electron chi connectivity index (χ2n) is 9.14. The van der Waals surface area contributed by atoms with E-state index in [1.165, 1.54) is 12.1 Å². The molecule has 1 amide bonds. The Bertz CT molecular complexity index is 891. The Hall–Kier alpha value is -2.13. The lowest BCUT2D eigenvalue weighted by Crippen LogP contribution is -2.45. The van der Waals surface area contributed by atoms with Crippen molar-refractivity contribution in [3.05, 3.63) is 29.8 Å². The van der Waals surface area contributed by atoms with Crippen LogP contribution >= 0.6 is 0 Å². The van der Waals surface area contributed by atoms with Crippen LogP contribution in [0.2, 0.25) is 0 Å². The highest BCUT2D eigenvalue weighted by Gasteiger charge is 2.44. The molecule has 1 heterocycles. The summed E-state index contributed by atoms with van der Waals surface area (Å²) in [4.78, 5) is 25.1. The molecule has 0 bridgehead atoms. The van der Waals surface area contributed by atoms with Crippen LogP contribution in [0, 0.1) is 11.8 Å². The molecule has 0 spiro atoms. The molecule has 1 saturated heterocycles. The molecule has 2 fully saturated rings. The Morgan fingerprint density at radius 3 is 2.47 bits per heavy atom. The van der Waals surface area contributed by atoms with Crippen molar-refractivity contribution in [1.29, 1.82) is 0 Å². The molecule has 166 valence electrons. The van der Waals surface area contributed by atoms with E-state index in [0.29, 0.717) is 19.5 Å². The van der Waals surface area contributed by atoms with E-state index in [1.54, 1.807) is 17.0 Å². The summed E-state index contributed by atoms with van der Waals surface area (Å²) in [5.41, 5.74) is 0.282. The second-order valence-corrected chi connectivity index (χ2v) is 10.9. The van der Waals surface area contributed by atoms with Crippen LogP contribution in [0.5, 0.6) is 0 Å². The smallest absolute Gasteiger partial charge is 0.410 e. The Kier molecular flexibility index (Phi) is 6.43. The van der Waals surface area contributed by atoms with Gasteiger partial charge in [-0.3, -0.25) is 4.79 Å². The first-order chi connectivity index (χ1) is 14.0. The minimum Gasteiger partial charge on any atom is -0.481 e. The molecule has 1 aromatic carbocycles. The number of carbonyl (C=O) groups excluding carboxylic acids is 1. The standard InChI is InChI=1S/C21H30N2O6S/c1-21(2,3)29-20(26)23-10-4-5-14(13-23)12-22-30(27,28)16-8-6-15(7-9-16)17-11-18(17)19(24)25/h6-9,14,17-18,22H,4-5,10-13H2,1-3H3,(H,24,25). The highest BCUT2D eigenvalue weighted by Crippen LogP contribution is 2.47. The van der Waals surface area contributed by atoms with Crippen LogP contribution in [0.25, 0.3) is 0 Å². The summed E-state index contributed by atoms with van der Waals surface area (Å²) in [6, 6.07) is 6.41. The number of carboxylic acid groups (broad SMARTS) is 1. The van der Waals surface area contributed by atoms with E-state index in [9.17, 15) is 18.0 Å². The van der Waals surface area contributed by atoms with E-state index < -0.39 is 21.6 Å². The van der Waals surface area contributed by atoms with Crippen LogP contribution in [-0.4, -0.2) is 55.7 Å². The summed E-state index contributed by atoms with van der Waals surface area (Å²) in [5.74, 6) is -1.20. The number of hydrogen-bond donors (Lipinski definition) is 2. The van der Waals surface area contributed by atoms with Crippen molar-refractivity contribution in [3.8, 4) is 0 Å². The molecule has 0 aromatic heterocycles. The topological polar surface area (TPSA) is 113 Å². The van der Waals surface area contributed by atoms with Gasteiger partial charge in [-0.05, 0) is 69.6 Å². The predicted octanol–water partition coefficient (Wildman–Crippen LogP) is 2.80. The minimum absolute atomic E-state index is 0.0168. The summed E-state index contributed by atoms with van der Waals surface area (Å²) in [6.07, 6.45) is 1.85. The number of benzene rings is 1. The maximum atomic E-state index is 12.6. The number of hydrogen-bond acceptors (Lipinski definition) is 5. The van der Waals surface area contributed by atoms with Gasteiger partial charge in [0.25, 0.3) is 0 Å². The van der Waals surface area contributed by atoms with Crippen LogP contribution in [-0.2, 0) is 19.6 Å². The number of aliphatic carboxylic acids is 1. The Morgan fingerprint density at radius 2 is 1.90 bits per heavy atom. The number of likely N-dealkylation sites (tertiary alicyclic amines) is 1. The van der Waals surface area contributed by atoms with E-state index in [1.807, 2.05) is 20.8 Å². The van der Waals surface area contributed by atoms with Crippen LogP contribution in [0.1, 0.15) is 51.5 Å². The first-order valence-electron chi connectivity index (χ1n) is 10.3. The highest BCUT2D eigenvalue weighted by atomic mass is 32.2. The molecule has 1 aromatic rings. The van der Waals surface area contributed by atoms with Gasteiger partial charge in [-0.15, -0.1) is 0 Å². The zero-order chi connectivity index (χ0) is 22.1. The van der Waals surface area contributed by atoms with Crippen molar-refractivity contribution in [2.75, 3.05) is 19.6 Å². The zero-order valence-corrected chi connectivity index (χ0v) is 18.4. The lowest BCUT2D eigenvalue weighted by atomic mass is 9.99. The molecule has 1 saturated carbocycles. The van der Waals surface area contributed by atoms with Crippen LogP contribution < -0.4 is 4.72 Å². The lowest BCUT2D eigenvalue weighted by molar-refractivity contribution is -0.138. The normalized spacial score (nSPS) is 24.4. The van der Waals surface area contributed by atoms with Crippen LogP contribution in [0.4, 0.5) is 4.79 Å². The van der Waals surface area contributed by atoms with Crippen LogP contribution in [0.15, 0.2) is 29.2 Å². The minimum atomic E-state index is -3.68. The molecule has 3 rings (SSSR count). The Labute approximate surface area is 177 Å². The van der Waals surface area contributed by atoms with Crippen LogP contribution in [0.3, 0.4) is 0 Å². The average molecular weight is 439 g/mol. The van der Waals surface area contributed by atoms with E-state index in [0.717, 1.165) is 18.4 Å². The summed E-state index contributed by atoms with van der Waals surface area (Å²) in [7, 11) is -3.68. The van der Waals surface area contributed by atoms with Gasteiger partial charge in [-0.25, -0.2) is 17.9 Å². The maximum absolute atomic E-state index is 12.6. The molecule has 8 nitrogen and oxygen atoms in total. The summed E-state index contributed by atoms with van der Waals surface area (Å²) in [5, 5.41) is 9.03. The zero-order valence-electron chi connectivity index (χ0n) is 17.6. The van der Waals surface area contributed by atoms with Gasteiger partial charge in [-0.2, -0.15) is 0 Å². The molecule has 1 aliphatic heterocycles. The van der Waals surface area contributed by atoms with Gasteiger partial charge in [0, 0.05) is 19.6 Å². The number of carbonyl (C=O) groups is 2. The average Bonchev–Trinajstić information content (AvgIpc) is 3.47. The van der Waals surface area contributed by atoms with Gasteiger partial charge in [0.15, 0.2) is 0 Å². The van der Waals surface area contributed by atoms with Crippen molar-refractivity contribution in [1.82, 2.24) is 9.62 Å². The fourth-order valence-electron chi connectivity index (χ4n) is 3.77. The lowest BCUT2D eigenvalue weighted by Gasteiger charge is -2.34. The van der Waals surface area contributed by atoms with E-state index in [4.69, 9.17) is 9.84 Å². The third kappa shape index (κ3) is 5.72. The van der Waals surface area contributed by atoms with E-state index >= 15 is 0 Å². The quantitative estimate of drug-likeness (QED) is 0.706. The van der Waals surface area contributed by atoms with Crippen molar-refractivity contribution < 1.29 is 27.9 Å². The Morgan fingerprint density at radius 1 is 1.23 bits per heavy atom. The number of rotatable bonds is 6. The van der Waals surface area contributed by atoms with Gasteiger partial charge < -0.3 is 14.7 Å². The number of nitrogens with one attached hydrogen (secondary N) is 1. The van der Waals surface area contributed by atoms with Gasteiger partial charge in [0.1, 0.15) is 5.60 Å². The second kappa shape index (κ2) is 8.55. The number of piperidine rings is 1. The van der Waals surface area contributed by atoms with Gasteiger partial charge in [-0.1, -0.05) is 12.1 Å². The molecule has 3 unspecified atom stereocenters. The summed E-state index contributed by atoms with van der Waals surface area (Å²) >= 11 is 0. The molecular weight excluding hydrogens is 408 g/mol. The molecule has 3 atom stereocenters. The monoisotopic (exact) mass is 438 g/mol. The first-order valence-corrected chi connectivity index (χ1v) is 11.7. The van der Waals surface area contributed by atoms with E-state index in [-0.39, 0.29) is 35.3 Å². The SMILES string of the molecule is CC(C)(C)OC(=O)N1CCCC(CNS(=O)(=O)c2ccc(C3CC3C(=O)O)cc2)C1. The fourth-order valence-corrected chi connectivity index (χ4v) is 4.88. The molecule has 2 aliphatic rings. The number of carboxylic acids is 1. The third-order valence-corrected chi connectivity index (χ3v) is 6.90. The first kappa shape index (κ1) is 22.6. The van der Waals surface area contributed by atoms with Crippen molar-refractivity contribution in [2.24, 2.45) is 11.8 Å². The van der Waals surface area contributed by atoms with Crippen molar-refractivity contribution >= 4 is 22.1 Å². The number of nitrogens with zero attached hydrogens (tertiary/aromatic N) is 1. The molecule has 0 radical (unpaired) electrons. The third-order valence-electron chi connectivity index (χ3n) is 5.46. The van der Waals surface area contributed by atoms with Crippen molar-refractivity contribution in [3.63, 3.8) is 0 Å². The Balaban J connectivity index is 1.54. The summed E-state index contributed by atoms with van der Waals surface area (Å²) in [6.45, 7) is 6.75. The fraction of sp³-hybridized carbons (Fsp3) is 0.619. The van der Waals surface area contributed by atoms with Gasteiger partial charge >= 0.3 is 12.1 Å². The highest BCUT2D eigenvalue weighted by molar-refractivity contribution is 7.89. The van der Waals surface area contributed by atoms with E-state index in [2.05, 4.69) is 4.72 Å². The number of sulfonamides is 1. The predicted molar refractivity (Wildman–Crippen MR) is 111 cm³/mol. The molecule has 30 heavy (non-hydrogen) atoms.